The molecule has 2 aromatic rings. The van der Waals surface area contributed by atoms with Crippen molar-refractivity contribution in [3.63, 3.8) is 0 Å². The van der Waals surface area contributed by atoms with Crippen molar-refractivity contribution in [1.82, 2.24) is 5.48 Å². The Labute approximate surface area is 136 Å². The third-order valence-electron chi connectivity index (χ3n) is 3.06. The van der Waals surface area contributed by atoms with E-state index in [4.69, 9.17) is 21.2 Å². The van der Waals surface area contributed by atoms with Crippen LogP contribution in [0.1, 0.15) is 5.56 Å². The molecule has 1 atom stereocenters. The van der Waals surface area contributed by atoms with Crippen molar-refractivity contribution in [2.45, 2.75) is 6.10 Å². The van der Waals surface area contributed by atoms with Crippen LogP contribution in [0.25, 0.3) is 5.70 Å². The van der Waals surface area contributed by atoms with E-state index in [0.29, 0.717) is 11.6 Å². The average Bonchev–Trinajstić information content (AvgIpc) is 2.96. The van der Waals surface area contributed by atoms with E-state index in [0.717, 1.165) is 21.5 Å². The van der Waals surface area contributed by atoms with Crippen LogP contribution in [-0.2, 0) is 4.84 Å². The Bertz CT molecular complexity index is 640. The minimum atomic E-state index is -0.126. The summed E-state index contributed by atoms with van der Waals surface area (Å²) < 4.78 is 6.72. The van der Waals surface area contributed by atoms with Crippen LogP contribution < -0.4 is 10.2 Å². The van der Waals surface area contributed by atoms with E-state index >= 15 is 0 Å². The van der Waals surface area contributed by atoms with Gasteiger partial charge in [-0.25, -0.2) is 0 Å². The monoisotopic (exact) mass is 365 g/mol. The van der Waals surface area contributed by atoms with Gasteiger partial charge in [-0.05, 0) is 48.0 Å². The predicted molar refractivity (Wildman–Crippen MR) is 87.1 cm³/mol. The maximum absolute atomic E-state index is 5.83. The number of rotatable bonds is 4. The van der Waals surface area contributed by atoms with Crippen LogP contribution in [-0.4, -0.2) is 12.7 Å². The van der Waals surface area contributed by atoms with Gasteiger partial charge in [-0.2, -0.15) is 0 Å². The first-order valence-corrected chi connectivity index (χ1v) is 7.65. The summed E-state index contributed by atoms with van der Waals surface area (Å²) in [6.07, 6.45) is 1.89. The maximum atomic E-state index is 5.83. The molecule has 21 heavy (non-hydrogen) atoms. The molecule has 0 aliphatic carbocycles. The molecular weight excluding hydrogens is 354 g/mol. The fourth-order valence-corrected chi connectivity index (χ4v) is 2.36. The van der Waals surface area contributed by atoms with Crippen LogP contribution in [0.4, 0.5) is 0 Å². The van der Waals surface area contributed by atoms with Crippen molar-refractivity contribution in [3.05, 3.63) is 69.7 Å². The highest BCUT2D eigenvalue weighted by Gasteiger charge is 2.18. The molecule has 5 heteroatoms. The Morgan fingerprint density at radius 2 is 1.81 bits per heavy atom. The van der Waals surface area contributed by atoms with Gasteiger partial charge in [-0.3, -0.25) is 10.3 Å². The third-order valence-corrected chi connectivity index (χ3v) is 3.84. The molecule has 0 unspecified atom stereocenters. The zero-order chi connectivity index (χ0) is 14.7. The number of hydrogen-bond acceptors (Lipinski definition) is 3. The first kappa shape index (κ1) is 14.4. The van der Waals surface area contributed by atoms with E-state index in [2.05, 4.69) is 21.4 Å². The molecule has 0 saturated heterocycles. The smallest absolute Gasteiger partial charge is 0.140 e. The van der Waals surface area contributed by atoms with Gasteiger partial charge < -0.3 is 4.74 Å². The topological polar surface area (TPSA) is 30.5 Å². The zero-order valence-electron chi connectivity index (χ0n) is 11.1. The second-order valence-corrected chi connectivity index (χ2v) is 5.96. The van der Waals surface area contributed by atoms with E-state index in [1.807, 2.05) is 42.5 Å². The Hall–Kier alpha value is -1.49. The van der Waals surface area contributed by atoms with E-state index in [9.17, 15) is 0 Å². The molecule has 0 bridgehead atoms. The van der Waals surface area contributed by atoms with Crippen LogP contribution >= 0.6 is 27.5 Å². The van der Waals surface area contributed by atoms with Gasteiger partial charge in [0.25, 0.3) is 0 Å². The third kappa shape index (κ3) is 3.79. The first-order chi connectivity index (χ1) is 10.2. The average molecular weight is 367 g/mol. The Balaban J connectivity index is 1.60. The summed E-state index contributed by atoms with van der Waals surface area (Å²) in [5.41, 5.74) is 4.96. The largest absolute Gasteiger partial charge is 0.490 e. The van der Waals surface area contributed by atoms with Gasteiger partial charge in [0.15, 0.2) is 0 Å². The van der Waals surface area contributed by atoms with E-state index in [-0.39, 0.29) is 6.10 Å². The Morgan fingerprint density at radius 3 is 2.52 bits per heavy atom. The van der Waals surface area contributed by atoms with Crippen molar-refractivity contribution in [1.29, 1.82) is 0 Å². The number of hydrogen-bond donors (Lipinski definition) is 1. The van der Waals surface area contributed by atoms with Crippen molar-refractivity contribution >= 4 is 33.2 Å². The van der Waals surface area contributed by atoms with Gasteiger partial charge >= 0.3 is 0 Å². The molecule has 2 aromatic carbocycles. The minimum absolute atomic E-state index is 0.126. The van der Waals surface area contributed by atoms with E-state index in [1.54, 1.807) is 12.1 Å². The summed E-state index contributed by atoms with van der Waals surface area (Å²) >= 11 is 9.26. The summed E-state index contributed by atoms with van der Waals surface area (Å²) in [4.78, 5) is 5.49. The molecule has 0 saturated carbocycles. The van der Waals surface area contributed by atoms with Gasteiger partial charge in [0.05, 0.1) is 5.70 Å². The SMILES string of the molecule is Clc1ccc(OC[C@H]2C=C(c3ccc(Br)cc3)NO2)cc1. The summed E-state index contributed by atoms with van der Waals surface area (Å²) in [7, 11) is 0. The highest BCUT2D eigenvalue weighted by molar-refractivity contribution is 9.10. The molecule has 0 fully saturated rings. The molecule has 0 amide bonds. The summed E-state index contributed by atoms with van der Waals surface area (Å²) in [5.74, 6) is 0.772. The molecule has 1 heterocycles. The van der Waals surface area contributed by atoms with Crippen LogP contribution in [0.15, 0.2) is 59.1 Å². The fourth-order valence-electron chi connectivity index (χ4n) is 1.97. The normalized spacial score (nSPS) is 17.2. The summed E-state index contributed by atoms with van der Waals surface area (Å²) in [6, 6.07) is 15.3. The van der Waals surface area contributed by atoms with Gasteiger partial charge in [-0.15, -0.1) is 0 Å². The van der Waals surface area contributed by atoms with E-state index < -0.39 is 0 Å². The van der Waals surface area contributed by atoms with Crippen molar-refractivity contribution in [2.24, 2.45) is 0 Å². The zero-order valence-corrected chi connectivity index (χ0v) is 13.4. The second-order valence-electron chi connectivity index (χ2n) is 4.61. The lowest BCUT2D eigenvalue weighted by atomic mass is 10.1. The van der Waals surface area contributed by atoms with Gasteiger partial charge in [0.1, 0.15) is 18.5 Å². The van der Waals surface area contributed by atoms with Crippen LogP contribution in [0, 0.1) is 0 Å². The van der Waals surface area contributed by atoms with Crippen molar-refractivity contribution in [3.8, 4) is 5.75 Å². The van der Waals surface area contributed by atoms with Crippen LogP contribution in [0.5, 0.6) is 5.75 Å². The molecule has 0 radical (unpaired) electrons. The Kier molecular flexibility index (Phi) is 4.48. The van der Waals surface area contributed by atoms with Gasteiger partial charge in [-0.1, -0.05) is 39.7 Å². The number of nitrogens with one attached hydrogen (secondary N) is 1. The van der Waals surface area contributed by atoms with Crippen LogP contribution in [0.3, 0.4) is 0 Å². The van der Waals surface area contributed by atoms with Crippen LogP contribution in [0.2, 0.25) is 5.02 Å². The molecule has 1 N–H and O–H groups in total. The molecule has 108 valence electrons. The first-order valence-electron chi connectivity index (χ1n) is 6.48. The number of ether oxygens (including phenoxy) is 1. The molecular formula is C16H13BrClNO2. The highest BCUT2D eigenvalue weighted by Crippen LogP contribution is 2.21. The molecule has 0 aromatic heterocycles. The van der Waals surface area contributed by atoms with E-state index in [1.165, 1.54) is 0 Å². The van der Waals surface area contributed by atoms with Crippen molar-refractivity contribution in [2.75, 3.05) is 6.61 Å². The second kappa shape index (κ2) is 6.52. The number of hydroxylamine groups is 1. The molecule has 0 spiro atoms. The predicted octanol–water partition coefficient (Wildman–Crippen LogP) is 4.43. The quantitative estimate of drug-likeness (QED) is 0.868. The number of benzene rings is 2. The molecule has 1 aliphatic rings. The lowest BCUT2D eigenvalue weighted by Gasteiger charge is -2.09. The lowest BCUT2D eigenvalue weighted by molar-refractivity contribution is 0.0235. The maximum Gasteiger partial charge on any atom is 0.140 e. The minimum Gasteiger partial charge on any atom is -0.490 e. The molecule has 1 aliphatic heterocycles. The Morgan fingerprint density at radius 1 is 1.10 bits per heavy atom. The van der Waals surface area contributed by atoms with Crippen molar-refractivity contribution < 1.29 is 9.57 Å². The highest BCUT2D eigenvalue weighted by atomic mass is 79.9. The summed E-state index contributed by atoms with van der Waals surface area (Å²) in [5, 5.41) is 0.693. The lowest BCUT2D eigenvalue weighted by Crippen LogP contribution is -2.19. The standard InChI is InChI=1S/C16H13BrClNO2/c17-12-3-1-11(2-4-12)16-9-15(21-19-16)10-20-14-7-5-13(18)6-8-14/h1-9,15,19H,10H2/t15-/m1/s1. The molecule has 3 rings (SSSR count). The summed E-state index contributed by atoms with van der Waals surface area (Å²) in [6.45, 7) is 0.439. The number of halogens is 2. The fraction of sp³-hybridized carbons (Fsp3) is 0.125. The van der Waals surface area contributed by atoms with Gasteiger partial charge in [0, 0.05) is 9.50 Å². The van der Waals surface area contributed by atoms with Gasteiger partial charge in [0.2, 0.25) is 0 Å². The molecule has 3 nitrogen and oxygen atoms in total.